The summed E-state index contributed by atoms with van der Waals surface area (Å²) >= 11 is 0. The molecule has 0 radical (unpaired) electrons. The molecule has 0 aliphatic carbocycles. The highest BCUT2D eigenvalue weighted by Crippen LogP contribution is 2.18. The van der Waals surface area contributed by atoms with Gasteiger partial charge in [-0.3, -0.25) is 19.6 Å². The SMILES string of the molecule is CC(C)C[C@@H](C(=O)N[C@@H](CCC(N)=O)C(=O)OC(C)(C)C)[C@H](O)C(=O)NO. The third kappa shape index (κ3) is 9.90. The zero-order valence-electron chi connectivity index (χ0n) is 16.4. The van der Waals surface area contributed by atoms with Gasteiger partial charge >= 0.3 is 5.97 Å². The van der Waals surface area contributed by atoms with E-state index in [1.165, 1.54) is 5.48 Å². The Morgan fingerprint density at radius 3 is 2.07 bits per heavy atom. The van der Waals surface area contributed by atoms with Crippen LogP contribution in [0, 0.1) is 11.8 Å². The van der Waals surface area contributed by atoms with E-state index >= 15 is 0 Å². The highest BCUT2D eigenvalue weighted by Gasteiger charge is 2.35. The number of esters is 1. The number of carbonyl (C=O) groups is 4. The lowest BCUT2D eigenvalue weighted by Crippen LogP contribution is -2.51. The lowest BCUT2D eigenvalue weighted by molar-refractivity contribution is -0.159. The van der Waals surface area contributed by atoms with E-state index in [9.17, 15) is 24.3 Å². The maximum absolute atomic E-state index is 12.6. The number of rotatable bonds is 10. The molecule has 6 N–H and O–H groups in total. The Morgan fingerprint density at radius 1 is 1.11 bits per heavy atom. The number of aliphatic hydroxyl groups excluding tert-OH is 1. The minimum Gasteiger partial charge on any atom is -0.458 e. The smallest absolute Gasteiger partial charge is 0.329 e. The molecule has 27 heavy (non-hydrogen) atoms. The number of nitrogens with one attached hydrogen (secondary N) is 2. The van der Waals surface area contributed by atoms with Crippen molar-refractivity contribution in [3.05, 3.63) is 0 Å². The Morgan fingerprint density at radius 2 is 1.67 bits per heavy atom. The molecule has 0 bridgehead atoms. The van der Waals surface area contributed by atoms with Gasteiger partial charge in [0.2, 0.25) is 11.8 Å². The molecule has 0 fully saturated rings. The van der Waals surface area contributed by atoms with Crippen LogP contribution in [0.1, 0.15) is 53.9 Å². The Bertz CT molecular complexity index is 543. The minimum atomic E-state index is -1.81. The monoisotopic (exact) mass is 389 g/mol. The van der Waals surface area contributed by atoms with E-state index in [1.54, 1.807) is 34.6 Å². The maximum Gasteiger partial charge on any atom is 0.329 e. The van der Waals surface area contributed by atoms with Crippen LogP contribution in [0.25, 0.3) is 0 Å². The molecule has 10 heteroatoms. The summed E-state index contributed by atoms with van der Waals surface area (Å²) < 4.78 is 5.24. The molecule has 0 rings (SSSR count). The lowest BCUT2D eigenvalue weighted by Gasteiger charge is -2.27. The third-order valence-electron chi connectivity index (χ3n) is 3.51. The molecule has 0 saturated carbocycles. The van der Waals surface area contributed by atoms with Crippen LogP contribution in [0.3, 0.4) is 0 Å². The predicted octanol–water partition coefficient (Wildman–Crippen LogP) is -0.393. The van der Waals surface area contributed by atoms with Gasteiger partial charge in [0.05, 0.1) is 5.92 Å². The minimum absolute atomic E-state index is 0.0625. The van der Waals surface area contributed by atoms with E-state index < -0.39 is 47.4 Å². The first-order chi connectivity index (χ1) is 12.3. The molecule has 0 aromatic rings. The van der Waals surface area contributed by atoms with Crippen molar-refractivity contribution < 1.29 is 34.2 Å². The molecule has 0 saturated heterocycles. The van der Waals surface area contributed by atoms with Crippen LogP contribution in [0.5, 0.6) is 0 Å². The van der Waals surface area contributed by atoms with Crippen LogP contribution in [-0.2, 0) is 23.9 Å². The molecule has 10 nitrogen and oxygen atoms in total. The Labute approximate surface area is 158 Å². The van der Waals surface area contributed by atoms with Gasteiger partial charge in [-0.15, -0.1) is 0 Å². The van der Waals surface area contributed by atoms with E-state index in [2.05, 4.69) is 5.32 Å². The summed E-state index contributed by atoms with van der Waals surface area (Å²) in [5.74, 6) is -4.61. The number of nitrogens with two attached hydrogens (primary N) is 1. The van der Waals surface area contributed by atoms with Gasteiger partial charge in [0.1, 0.15) is 17.7 Å². The number of amides is 3. The number of hydrogen-bond acceptors (Lipinski definition) is 7. The summed E-state index contributed by atoms with van der Waals surface area (Å²) in [6.07, 6.45) is -1.95. The highest BCUT2D eigenvalue weighted by atomic mass is 16.6. The molecule has 0 heterocycles. The fourth-order valence-electron chi connectivity index (χ4n) is 2.32. The number of hydroxylamine groups is 1. The summed E-state index contributed by atoms with van der Waals surface area (Å²) in [4.78, 5) is 47.5. The van der Waals surface area contributed by atoms with Gasteiger partial charge in [-0.25, -0.2) is 10.3 Å². The van der Waals surface area contributed by atoms with E-state index in [0.29, 0.717) is 0 Å². The summed E-state index contributed by atoms with van der Waals surface area (Å²) in [5.41, 5.74) is 5.59. The second-order valence-corrected chi connectivity index (χ2v) is 7.76. The normalized spacial score (nSPS) is 14.8. The zero-order valence-corrected chi connectivity index (χ0v) is 16.4. The van der Waals surface area contributed by atoms with Crippen molar-refractivity contribution >= 4 is 23.7 Å². The summed E-state index contributed by atoms with van der Waals surface area (Å²) in [5, 5.41) is 21.1. The largest absolute Gasteiger partial charge is 0.458 e. The van der Waals surface area contributed by atoms with Crippen LogP contribution in [0.15, 0.2) is 0 Å². The van der Waals surface area contributed by atoms with Crippen molar-refractivity contribution in [3.8, 4) is 0 Å². The number of ether oxygens (including phenoxy) is 1. The lowest BCUT2D eigenvalue weighted by atomic mass is 9.90. The van der Waals surface area contributed by atoms with Crippen molar-refractivity contribution in [1.82, 2.24) is 10.8 Å². The number of hydrogen-bond donors (Lipinski definition) is 5. The van der Waals surface area contributed by atoms with Crippen molar-refractivity contribution in [2.24, 2.45) is 17.6 Å². The fraction of sp³-hybridized carbons (Fsp3) is 0.765. The highest BCUT2D eigenvalue weighted by molar-refractivity contribution is 5.91. The Kier molecular flexibility index (Phi) is 9.95. The number of primary amides is 1. The summed E-state index contributed by atoms with van der Waals surface area (Å²) in [7, 11) is 0. The first-order valence-electron chi connectivity index (χ1n) is 8.72. The van der Waals surface area contributed by atoms with E-state index in [0.717, 1.165) is 0 Å². The molecular formula is C17H31N3O7. The first kappa shape index (κ1) is 24.8. The number of carbonyl (C=O) groups excluding carboxylic acids is 4. The van der Waals surface area contributed by atoms with Gasteiger partial charge < -0.3 is 20.9 Å². The van der Waals surface area contributed by atoms with Gasteiger partial charge in [0.25, 0.3) is 5.91 Å². The van der Waals surface area contributed by atoms with Gasteiger partial charge in [0.15, 0.2) is 0 Å². The van der Waals surface area contributed by atoms with E-state index in [1.807, 2.05) is 0 Å². The third-order valence-corrected chi connectivity index (χ3v) is 3.51. The fourth-order valence-corrected chi connectivity index (χ4v) is 2.32. The molecular weight excluding hydrogens is 358 g/mol. The van der Waals surface area contributed by atoms with Crippen LogP contribution in [0.2, 0.25) is 0 Å². The standard InChI is InChI=1S/C17H31N3O7/c1-9(2)8-10(13(22)15(24)20-26)14(23)19-11(6-7-12(18)21)16(25)27-17(3,4)5/h9-11,13,22,26H,6-8H2,1-5H3,(H2,18,21)(H,19,23)(H,20,24)/t10-,11+,13+/m1/s1. The van der Waals surface area contributed by atoms with Crippen molar-refractivity contribution in [2.45, 2.75) is 71.6 Å². The molecule has 0 aliphatic heterocycles. The predicted molar refractivity (Wildman–Crippen MR) is 95.1 cm³/mol. The van der Waals surface area contributed by atoms with Gasteiger partial charge in [-0.1, -0.05) is 13.8 Å². The molecule has 3 amide bonds. The van der Waals surface area contributed by atoms with Crippen molar-refractivity contribution in [2.75, 3.05) is 0 Å². The molecule has 0 spiro atoms. The second-order valence-electron chi connectivity index (χ2n) is 7.76. The average molecular weight is 389 g/mol. The van der Waals surface area contributed by atoms with Crippen LogP contribution in [-0.4, -0.2) is 51.8 Å². The molecule has 0 unspecified atom stereocenters. The van der Waals surface area contributed by atoms with Gasteiger partial charge in [0, 0.05) is 6.42 Å². The molecule has 0 aromatic carbocycles. The first-order valence-corrected chi connectivity index (χ1v) is 8.72. The molecule has 0 aromatic heterocycles. The maximum atomic E-state index is 12.6. The van der Waals surface area contributed by atoms with E-state index in [-0.39, 0.29) is 25.2 Å². The van der Waals surface area contributed by atoms with Crippen LogP contribution in [0.4, 0.5) is 0 Å². The Hall–Kier alpha value is -2.20. The summed E-state index contributed by atoms with van der Waals surface area (Å²) in [6, 6.07) is -1.18. The zero-order chi connectivity index (χ0) is 21.4. The summed E-state index contributed by atoms with van der Waals surface area (Å²) in [6.45, 7) is 8.50. The van der Waals surface area contributed by atoms with E-state index in [4.69, 9.17) is 15.7 Å². The molecule has 0 aliphatic rings. The Balaban J connectivity index is 5.41. The van der Waals surface area contributed by atoms with Crippen molar-refractivity contribution in [1.29, 1.82) is 0 Å². The number of aliphatic hydroxyl groups is 1. The topological polar surface area (TPSA) is 168 Å². The van der Waals surface area contributed by atoms with Crippen LogP contribution < -0.4 is 16.5 Å². The molecule has 3 atom stereocenters. The second kappa shape index (κ2) is 10.8. The average Bonchev–Trinajstić information content (AvgIpc) is 2.52. The van der Waals surface area contributed by atoms with Gasteiger partial charge in [-0.2, -0.15) is 0 Å². The van der Waals surface area contributed by atoms with Gasteiger partial charge in [-0.05, 0) is 39.5 Å². The van der Waals surface area contributed by atoms with Crippen molar-refractivity contribution in [3.63, 3.8) is 0 Å². The quantitative estimate of drug-likeness (QED) is 0.192. The molecule has 156 valence electrons. The van der Waals surface area contributed by atoms with Crippen LogP contribution >= 0.6 is 0 Å².